The van der Waals surface area contributed by atoms with E-state index in [1.165, 1.54) is 13.3 Å². The summed E-state index contributed by atoms with van der Waals surface area (Å²) < 4.78 is 11.2. The minimum absolute atomic E-state index is 0.350. The maximum absolute atomic E-state index is 12.4. The molecule has 0 N–H and O–H groups in total. The van der Waals surface area contributed by atoms with Crippen molar-refractivity contribution >= 4 is 29.6 Å². The highest BCUT2D eigenvalue weighted by atomic mass is 35.5. The second-order valence-electron chi connectivity index (χ2n) is 6.54. The fraction of sp³-hybridized carbons (Fsp3) is 0.0870. The first-order chi connectivity index (χ1) is 14.6. The van der Waals surface area contributed by atoms with E-state index in [0.717, 1.165) is 10.6 Å². The van der Waals surface area contributed by atoms with Crippen molar-refractivity contribution in [2.45, 2.75) is 6.61 Å². The fourth-order valence-corrected chi connectivity index (χ4v) is 3.16. The van der Waals surface area contributed by atoms with Gasteiger partial charge in [-0.1, -0.05) is 35.9 Å². The zero-order valence-corrected chi connectivity index (χ0v) is 16.8. The van der Waals surface area contributed by atoms with Gasteiger partial charge in [0, 0.05) is 5.02 Å². The molecule has 0 saturated heterocycles. The molecule has 0 bridgehead atoms. The minimum Gasteiger partial charge on any atom is -0.493 e. The van der Waals surface area contributed by atoms with E-state index < -0.39 is 11.8 Å². The van der Waals surface area contributed by atoms with E-state index in [1.54, 1.807) is 54.6 Å². The Bertz CT molecular complexity index is 1110. The summed E-state index contributed by atoms with van der Waals surface area (Å²) in [5.41, 5.74) is 2.33. The third-order valence-corrected chi connectivity index (χ3v) is 4.84. The quantitative estimate of drug-likeness (QED) is 0.433. The first-order valence-corrected chi connectivity index (χ1v) is 9.51. The van der Waals surface area contributed by atoms with Crippen molar-refractivity contribution < 1.29 is 19.1 Å². The van der Waals surface area contributed by atoms with E-state index in [1.807, 2.05) is 12.1 Å². The summed E-state index contributed by atoms with van der Waals surface area (Å²) in [6, 6.07) is 19.3. The van der Waals surface area contributed by atoms with Crippen molar-refractivity contribution in [1.29, 1.82) is 0 Å². The lowest BCUT2D eigenvalue weighted by Gasteiger charge is -2.12. The summed E-state index contributed by atoms with van der Waals surface area (Å²) >= 11 is 5.90. The van der Waals surface area contributed by atoms with Crippen LogP contribution in [0.2, 0.25) is 5.02 Å². The molecule has 0 fully saturated rings. The number of fused-ring (bicyclic) bond motifs is 1. The van der Waals surface area contributed by atoms with Gasteiger partial charge in [0.25, 0.3) is 11.8 Å². The zero-order chi connectivity index (χ0) is 21.1. The van der Waals surface area contributed by atoms with E-state index in [2.05, 4.69) is 5.10 Å². The summed E-state index contributed by atoms with van der Waals surface area (Å²) in [7, 11) is 1.54. The van der Waals surface area contributed by atoms with E-state index >= 15 is 0 Å². The number of rotatable bonds is 6. The van der Waals surface area contributed by atoms with Gasteiger partial charge in [0.15, 0.2) is 11.5 Å². The normalized spacial score (nSPS) is 13.1. The molecule has 150 valence electrons. The minimum atomic E-state index is -0.443. The molecule has 1 heterocycles. The van der Waals surface area contributed by atoms with Crippen molar-refractivity contribution in [3.05, 3.63) is 94.0 Å². The Labute approximate surface area is 178 Å². The van der Waals surface area contributed by atoms with Gasteiger partial charge < -0.3 is 9.47 Å². The number of methoxy groups -OCH3 is 1. The Morgan fingerprint density at radius 3 is 2.23 bits per heavy atom. The van der Waals surface area contributed by atoms with Crippen molar-refractivity contribution in [3.8, 4) is 11.5 Å². The number of carbonyl (C=O) groups is 2. The number of nitrogens with zero attached hydrogens (tertiary/aromatic N) is 2. The number of hydrazone groups is 1. The summed E-state index contributed by atoms with van der Waals surface area (Å²) in [5, 5.41) is 5.61. The lowest BCUT2D eigenvalue weighted by molar-refractivity contribution is 0.0660. The van der Waals surface area contributed by atoms with Gasteiger partial charge in [-0.25, -0.2) is 0 Å². The molecule has 1 aliphatic rings. The zero-order valence-electron chi connectivity index (χ0n) is 16.0. The summed E-state index contributed by atoms with van der Waals surface area (Å²) in [6.45, 7) is 0.357. The third-order valence-electron chi connectivity index (χ3n) is 4.59. The third kappa shape index (κ3) is 3.90. The molecular weight excluding hydrogens is 404 g/mol. The Hall–Kier alpha value is -3.64. The van der Waals surface area contributed by atoms with E-state index in [4.69, 9.17) is 21.1 Å². The van der Waals surface area contributed by atoms with Crippen LogP contribution < -0.4 is 9.47 Å². The van der Waals surface area contributed by atoms with Gasteiger partial charge in [0.2, 0.25) is 0 Å². The molecule has 0 radical (unpaired) electrons. The van der Waals surface area contributed by atoms with Crippen LogP contribution in [0.5, 0.6) is 11.5 Å². The average Bonchev–Trinajstić information content (AvgIpc) is 3.02. The van der Waals surface area contributed by atoms with Crippen LogP contribution in [0.15, 0.2) is 71.8 Å². The number of hydrogen-bond acceptors (Lipinski definition) is 5. The van der Waals surface area contributed by atoms with Gasteiger partial charge in [-0.05, 0) is 53.6 Å². The molecule has 1 aliphatic heterocycles. The number of amides is 2. The molecule has 6 nitrogen and oxygen atoms in total. The number of ether oxygens (including phenoxy) is 2. The van der Waals surface area contributed by atoms with Gasteiger partial charge in [-0.2, -0.15) is 10.1 Å². The Morgan fingerprint density at radius 1 is 0.933 bits per heavy atom. The molecule has 0 unspecified atom stereocenters. The van der Waals surface area contributed by atoms with Crippen LogP contribution in [-0.4, -0.2) is 30.1 Å². The van der Waals surface area contributed by atoms with Gasteiger partial charge in [-0.3, -0.25) is 9.59 Å². The lowest BCUT2D eigenvalue weighted by Crippen LogP contribution is -2.23. The molecule has 3 aromatic rings. The topological polar surface area (TPSA) is 68.2 Å². The molecule has 0 saturated carbocycles. The Kier molecular flexibility index (Phi) is 5.50. The van der Waals surface area contributed by atoms with Crippen LogP contribution in [0.3, 0.4) is 0 Å². The standard InChI is InChI=1S/C23H17ClN2O4/c1-29-21-12-16(8-11-20(21)30-14-15-6-9-17(24)10-7-15)13-25-26-22(27)18-4-2-3-5-19(18)23(26)28/h2-13H,14H2,1H3/b25-13+. The molecule has 4 rings (SSSR count). The van der Waals surface area contributed by atoms with Crippen molar-refractivity contribution in [3.63, 3.8) is 0 Å². The summed E-state index contributed by atoms with van der Waals surface area (Å²) in [4.78, 5) is 24.8. The Balaban J connectivity index is 1.48. The molecule has 0 spiro atoms. The molecule has 30 heavy (non-hydrogen) atoms. The van der Waals surface area contributed by atoms with Gasteiger partial charge in [0.1, 0.15) is 6.61 Å². The monoisotopic (exact) mass is 420 g/mol. The number of hydrogen-bond donors (Lipinski definition) is 0. The summed E-state index contributed by atoms with van der Waals surface area (Å²) in [5.74, 6) is 0.184. The molecule has 2 amide bonds. The molecule has 0 atom stereocenters. The van der Waals surface area contributed by atoms with Crippen LogP contribution in [0.25, 0.3) is 0 Å². The first kappa shape index (κ1) is 19.7. The van der Waals surface area contributed by atoms with Crippen LogP contribution >= 0.6 is 11.6 Å². The largest absolute Gasteiger partial charge is 0.493 e. The lowest BCUT2D eigenvalue weighted by atomic mass is 10.1. The van der Waals surface area contributed by atoms with Gasteiger partial charge >= 0.3 is 0 Å². The van der Waals surface area contributed by atoms with Crippen LogP contribution in [0, 0.1) is 0 Å². The van der Waals surface area contributed by atoms with Gasteiger partial charge in [-0.15, -0.1) is 0 Å². The maximum Gasteiger partial charge on any atom is 0.282 e. The first-order valence-electron chi connectivity index (χ1n) is 9.14. The molecule has 7 heteroatoms. The fourth-order valence-electron chi connectivity index (χ4n) is 3.03. The predicted molar refractivity (Wildman–Crippen MR) is 113 cm³/mol. The van der Waals surface area contributed by atoms with Crippen LogP contribution in [-0.2, 0) is 6.61 Å². The molecule has 0 aromatic heterocycles. The van der Waals surface area contributed by atoms with Crippen LogP contribution in [0.1, 0.15) is 31.8 Å². The van der Waals surface area contributed by atoms with E-state index in [0.29, 0.717) is 39.8 Å². The highest BCUT2D eigenvalue weighted by molar-refractivity contribution is 6.30. The molecule has 0 aliphatic carbocycles. The van der Waals surface area contributed by atoms with Crippen molar-refractivity contribution in [1.82, 2.24) is 5.01 Å². The Morgan fingerprint density at radius 2 is 1.60 bits per heavy atom. The number of benzene rings is 3. The average molecular weight is 421 g/mol. The van der Waals surface area contributed by atoms with E-state index in [9.17, 15) is 9.59 Å². The highest BCUT2D eigenvalue weighted by Gasteiger charge is 2.35. The number of halogens is 1. The molecular formula is C23H17ClN2O4. The smallest absolute Gasteiger partial charge is 0.282 e. The predicted octanol–water partition coefficient (Wildman–Crippen LogP) is 4.56. The summed E-state index contributed by atoms with van der Waals surface area (Å²) in [6.07, 6.45) is 1.44. The SMILES string of the molecule is COc1cc(/C=N/N2C(=O)c3ccccc3C2=O)ccc1OCc1ccc(Cl)cc1. The number of carbonyl (C=O) groups excluding carboxylic acids is 2. The van der Waals surface area contributed by atoms with Crippen molar-refractivity contribution in [2.75, 3.05) is 7.11 Å². The van der Waals surface area contributed by atoms with Crippen LogP contribution in [0.4, 0.5) is 0 Å². The van der Waals surface area contributed by atoms with Gasteiger partial charge in [0.05, 0.1) is 24.5 Å². The maximum atomic E-state index is 12.4. The second-order valence-corrected chi connectivity index (χ2v) is 6.97. The molecule has 3 aromatic carbocycles. The van der Waals surface area contributed by atoms with Crippen molar-refractivity contribution in [2.24, 2.45) is 5.10 Å². The number of imide groups is 1. The second kappa shape index (κ2) is 8.39. The highest BCUT2D eigenvalue weighted by Crippen LogP contribution is 2.29. The van der Waals surface area contributed by atoms with E-state index in [-0.39, 0.29) is 0 Å².